The van der Waals surface area contributed by atoms with Gasteiger partial charge in [-0.2, -0.15) is 8.42 Å². The Bertz CT molecular complexity index is 1610. The Hall–Kier alpha value is -4.15. The number of hydrogen-bond acceptors (Lipinski definition) is 8. The Morgan fingerprint density at radius 3 is 2.07 bits per heavy atom. The van der Waals surface area contributed by atoms with Gasteiger partial charge in [-0.1, -0.05) is 37.1 Å². The molecule has 3 unspecified atom stereocenters. The summed E-state index contributed by atoms with van der Waals surface area (Å²) < 4.78 is 44.0. The Balaban J connectivity index is 1.33. The van der Waals surface area contributed by atoms with Gasteiger partial charge in [0.15, 0.2) is 0 Å². The Morgan fingerprint density at radius 2 is 1.43 bits per heavy atom. The summed E-state index contributed by atoms with van der Waals surface area (Å²) in [6, 6.07) is 20.4. The molecule has 9 nitrogen and oxygen atoms in total. The van der Waals surface area contributed by atoms with Gasteiger partial charge in [0.1, 0.15) is 34.4 Å². The molecule has 0 aromatic heterocycles. The molecule has 44 heavy (non-hydrogen) atoms. The predicted octanol–water partition coefficient (Wildman–Crippen LogP) is 6.13. The van der Waals surface area contributed by atoms with E-state index in [9.17, 15) is 23.1 Å². The number of phenols is 1. The highest BCUT2D eigenvalue weighted by Gasteiger charge is 2.53. The second-order valence-corrected chi connectivity index (χ2v) is 12.9. The first-order chi connectivity index (χ1) is 21.1. The normalized spacial score (nSPS) is 19.2. The van der Waals surface area contributed by atoms with Gasteiger partial charge < -0.3 is 28.9 Å². The summed E-state index contributed by atoms with van der Waals surface area (Å²) in [7, 11) is -2.54. The lowest BCUT2D eigenvalue weighted by molar-refractivity contribution is -0.117. The number of rotatable bonds is 14. The summed E-state index contributed by atoms with van der Waals surface area (Å²) in [4.78, 5) is 23.6. The third-order valence-electron chi connectivity index (χ3n) is 7.97. The average Bonchev–Trinajstić information content (AvgIpc) is 3.60. The smallest absolute Gasteiger partial charge is 0.315 e. The van der Waals surface area contributed by atoms with E-state index in [0.29, 0.717) is 24.3 Å². The fourth-order valence-corrected chi connectivity index (χ4v) is 7.21. The number of carbonyl (C=O) groups is 2. The number of methoxy groups -OCH3 is 1. The number of aromatic hydroxyl groups is 1. The van der Waals surface area contributed by atoms with Gasteiger partial charge in [0.2, 0.25) is 5.91 Å². The molecule has 2 aliphatic rings. The Kier molecular flexibility index (Phi) is 9.71. The summed E-state index contributed by atoms with van der Waals surface area (Å²) in [5.41, 5.74) is 3.85. The van der Waals surface area contributed by atoms with Gasteiger partial charge in [-0.3, -0.25) is 4.79 Å². The molecule has 1 saturated heterocycles. The topological polar surface area (TPSA) is 128 Å². The van der Waals surface area contributed by atoms with Crippen molar-refractivity contribution in [2.24, 2.45) is 0 Å². The summed E-state index contributed by atoms with van der Waals surface area (Å²) in [6.45, 7) is 1.59. The third kappa shape index (κ3) is 7.31. The lowest BCUT2D eigenvalue weighted by Gasteiger charge is -2.25. The summed E-state index contributed by atoms with van der Waals surface area (Å²) in [6.07, 6.45) is 3.37. The van der Waals surface area contributed by atoms with Crippen LogP contribution in [0.4, 0.5) is 5.69 Å². The van der Waals surface area contributed by atoms with Gasteiger partial charge in [-0.25, -0.2) is 0 Å². The van der Waals surface area contributed by atoms with Crippen molar-refractivity contribution in [1.29, 1.82) is 0 Å². The van der Waals surface area contributed by atoms with E-state index in [-0.39, 0.29) is 29.6 Å². The van der Waals surface area contributed by atoms with E-state index in [1.807, 2.05) is 12.1 Å². The minimum absolute atomic E-state index is 0.0848. The lowest BCUT2D eigenvalue weighted by atomic mass is 9.83. The van der Waals surface area contributed by atoms with Crippen LogP contribution >= 0.6 is 0 Å². The number of nitrogens with one attached hydrogen (secondary N) is 1. The van der Waals surface area contributed by atoms with Gasteiger partial charge in [0, 0.05) is 24.9 Å². The maximum absolute atomic E-state index is 13.5. The number of ether oxygens (including phenoxy) is 2. The molecule has 2 N–H and O–H groups in total. The van der Waals surface area contributed by atoms with Crippen LogP contribution in [-0.4, -0.2) is 49.8 Å². The monoisotopic (exact) mass is 619 g/mol. The van der Waals surface area contributed by atoms with Crippen molar-refractivity contribution in [2.45, 2.75) is 69.3 Å². The largest absolute Gasteiger partial charge is 0.508 e. The predicted molar refractivity (Wildman–Crippen MR) is 168 cm³/mol. The molecule has 0 saturated carbocycles. The van der Waals surface area contributed by atoms with Crippen LogP contribution in [0, 0.1) is 0 Å². The molecule has 0 spiro atoms. The Labute approximate surface area is 258 Å². The van der Waals surface area contributed by atoms with E-state index in [1.165, 1.54) is 7.11 Å². The van der Waals surface area contributed by atoms with Gasteiger partial charge >= 0.3 is 10.1 Å². The third-order valence-corrected chi connectivity index (χ3v) is 9.58. The molecular formula is C34H37NO8S. The van der Waals surface area contributed by atoms with Crippen molar-refractivity contribution >= 4 is 38.6 Å². The highest BCUT2D eigenvalue weighted by Crippen LogP contribution is 2.51. The Morgan fingerprint density at radius 1 is 0.841 bits per heavy atom. The van der Waals surface area contributed by atoms with Gasteiger partial charge in [-0.15, -0.1) is 0 Å². The molecule has 0 radical (unpaired) electrons. The van der Waals surface area contributed by atoms with Crippen molar-refractivity contribution in [3.8, 4) is 17.2 Å². The second kappa shape index (κ2) is 13.7. The molecule has 5 rings (SSSR count). The van der Waals surface area contributed by atoms with Crippen molar-refractivity contribution < 1.29 is 36.8 Å². The van der Waals surface area contributed by atoms with Crippen LogP contribution in [0.3, 0.4) is 0 Å². The highest BCUT2D eigenvalue weighted by atomic mass is 32.2. The minimum Gasteiger partial charge on any atom is -0.508 e. The second-order valence-electron chi connectivity index (χ2n) is 11.2. The van der Waals surface area contributed by atoms with Crippen LogP contribution in [0.25, 0.3) is 11.1 Å². The summed E-state index contributed by atoms with van der Waals surface area (Å²) >= 11 is 0. The van der Waals surface area contributed by atoms with Crippen LogP contribution < -0.4 is 14.2 Å². The van der Waals surface area contributed by atoms with Crippen molar-refractivity contribution in [3.63, 3.8) is 0 Å². The number of hydrogen-bond donors (Lipinski definition) is 2. The van der Waals surface area contributed by atoms with Crippen LogP contribution in [-0.2, 0) is 24.4 Å². The average molecular weight is 620 g/mol. The molecule has 1 fully saturated rings. The van der Waals surface area contributed by atoms with E-state index >= 15 is 0 Å². The van der Waals surface area contributed by atoms with Crippen molar-refractivity contribution in [3.05, 3.63) is 83.9 Å². The summed E-state index contributed by atoms with van der Waals surface area (Å²) in [5, 5.41) is 11.8. The van der Waals surface area contributed by atoms with E-state index in [2.05, 4.69) is 5.32 Å². The molecule has 3 atom stereocenters. The first-order valence-corrected chi connectivity index (χ1v) is 16.3. The molecular weight excluding hydrogens is 582 g/mol. The maximum Gasteiger partial charge on any atom is 0.315 e. The highest BCUT2D eigenvalue weighted by molar-refractivity contribution is 7.87. The number of benzene rings is 3. The molecule has 2 heterocycles. The van der Waals surface area contributed by atoms with Crippen molar-refractivity contribution in [2.75, 3.05) is 12.4 Å². The fraction of sp³-hybridized carbons (Fsp3) is 0.353. The number of unbranched alkanes of at least 4 members (excludes halogenated alkanes) is 3. The van der Waals surface area contributed by atoms with E-state index in [4.69, 9.17) is 13.7 Å². The summed E-state index contributed by atoms with van der Waals surface area (Å²) in [5.74, 6) is 1.01. The number of fused-ring (bicyclic) bond motifs is 2. The number of phenolic OH excluding ortho intramolecular Hbond substituents is 1. The molecule has 232 valence electrons. The zero-order valence-corrected chi connectivity index (χ0v) is 25.6. The number of ketones is 1. The first kappa shape index (κ1) is 31.3. The molecule has 1 amide bonds. The first-order valence-electron chi connectivity index (χ1n) is 14.8. The van der Waals surface area contributed by atoms with Crippen LogP contribution in [0.1, 0.15) is 63.0 Å². The molecule has 2 bridgehead atoms. The van der Waals surface area contributed by atoms with Crippen LogP contribution in [0.5, 0.6) is 17.2 Å². The minimum atomic E-state index is -4.07. The van der Waals surface area contributed by atoms with E-state index < -0.39 is 27.6 Å². The molecule has 0 aliphatic carbocycles. The maximum atomic E-state index is 13.5. The SMILES string of the molecule is COc1ccc(OS(=O)(=O)C2CC3OC2C(c2ccc(NC(=O)CCCCCCC(C)=O)cc2)=C3c2ccc(O)cc2)cc1. The van der Waals surface area contributed by atoms with Gasteiger partial charge in [0.25, 0.3) is 0 Å². The zero-order chi connectivity index (χ0) is 31.3. The van der Waals surface area contributed by atoms with Crippen LogP contribution in [0.15, 0.2) is 72.8 Å². The van der Waals surface area contributed by atoms with Gasteiger partial charge in [0.05, 0.1) is 13.2 Å². The van der Waals surface area contributed by atoms with Gasteiger partial charge in [-0.05, 0) is 90.6 Å². The fourth-order valence-electron chi connectivity index (χ4n) is 5.79. The molecule has 3 aromatic carbocycles. The van der Waals surface area contributed by atoms with E-state index in [1.54, 1.807) is 67.6 Å². The standard InChI is InChI=1S/C34H37NO8S/c1-22(36)7-5-3-4-6-8-31(38)35-25-13-9-24(10-14-25)33-32(23-11-15-26(37)16-12-23)29-21-30(34(33)42-29)44(39,40)43-28-19-17-27(41-2)18-20-28/h9-20,29-30,34,37H,3-8,21H2,1-2H3,(H,35,38). The van der Waals surface area contributed by atoms with Crippen molar-refractivity contribution in [1.82, 2.24) is 0 Å². The number of amides is 1. The molecule has 3 aromatic rings. The number of Topliss-reactive ketones (excluding diaryl/α,β-unsaturated/α-hetero) is 1. The molecule has 2 aliphatic heterocycles. The lowest BCUT2D eigenvalue weighted by Crippen LogP contribution is -2.35. The van der Waals surface area contributed by atoms with Crippen LogP contribution in [0.2, 0.25) is 0 Å². The van der Waals surface area contributed by atoms with E-state index in [0.717, 1.165) is 48.0 Å². The zero-order valence-electron chi connectivity index (χ0n) is 24.8. The number of carbonyl (C=O) groups excluding carboxylic acids is 2. The quantitative estimate of drug-likeness (QED) is 0.163. The molecule has 10 heteroatoms. The number of anilines is 1.